The van der Waals surface area contributed by atoms with Gasteiger partial charge in [-0.1, -0.05) is 0 Å². The number of methoxy groups -OCH3 is 1. The lowest BCUT2D eigenvalue weighted by molar-refractivity contribution is -0.00355. The van der Waals surface area contributed by atoms with E-state index in [0.717, 1.165) is 0 Å². The van der Waals surface area contributed by atoms with Gasteiger partial charge in [-0.2, -0.15) is 0 Å². The van der Waals surface area contributed by atoms with Crippen molar-refractivity contribution in [2.24, 2.45) is 0 Å². The fourth-order valence-electron chi connectivity index (χ4n) is 1.89. The lowest BCUT2D eigenvalue weighted by Crippen LogP contribution is -2.47. The molecule has 2 atom stereocenters. The molecule has 0 aliphatic carbocycles. The highest BCUT2D eigenvalue weighted by Crippen LogP contribution is 2.31. The summed E-state index contributed by atoms with van der Waals surface area (Å²) in [4.78, 5) is 2.40. The number of ether oxygens (including phenoxy) is 1. The second-order valence-electron chi connectivity index (χ2n) is 3.76. The predicted octanol–water partition coefficient (Wildman–Crippen LogP) is 1.51. The molecule has 0 radical (unpaired) electrons. The van der Waals surface area contributed by atoms with E-state index in [1.807, 2.05) is 0 Å². The molecule has 1 rings (SSSR count). The van der Waals surface area contributed by atoms with Crippen LogP contribution in [0.5, 0.6) is 0 Å². The molecular formula is C9H19NO. The Morgan fingerprint density at radius 1 is 1.55 bits per heavy atom. The largest absolute Gasteiger partial charge is 0.380 e. The molecule has 0 saturated carbocycles. The molecule has 2 unspecified atom stereocenters. The van der Waals surface area contributed by atoms with Gasteiger partial charge in [0.2, 0.25) is 0 Å². The van der Waals surface area contributed by atoms with E-state index in [0.29, 0.717) is 6.10 Å². The van der Waals surface area contributed by atoms with E-state index < -0.39 is 0 Å². The zero-order chi connectivity index (χ0) is 8.48. The normalized spacial score (nSPS) is 36.0. The van der Waals surface area contributed by atoms with Gasteiger partial charge in [-0.3, -0.25) is 4.90 Å². The van der Waals surface area contributed by atoms with Gasteiger partial charge in [0.25, 0.3) is 0 Å². The standard InChI is InChI=1S/C9H19NO/c1-8(11-4)9(2)6-5-7-10(9)3/h8H,5-7H2,1-4H3. The Morgan fingerprint density at radius 2 is 2.18 bits per heavy atom. The van der Waals surface area contributed by atoms with Gasteiger partial charge in [-0.15, -0.1) is 0 Å². The van der Waals surface area contributed by atoms with E-state index in [1.165, 1.54) is 19.4 Å². The third-order valence-corrected chi connectivity index (χ3v) is 3.28. The molecule has 0 aromatic rings. The first-order valence-electron chi connectivity index (χ1n) is 4.35. The fourth-order valence-corrected chi connectivity index (χ4v) is 1.89. The number of rotatable bonds is 2. The van der Waals surface area contributed by atoms with Crippen LogP contribution in [0, 0.1) is 0 Å². The maximum atomic E-state index is 5.37. The first-order valence-corrected chi connectivity index (χ1v) is 4.35. The average molecular weight is 157 g/mol. The topological polar surface area (TPSA) is 12.5 Å². The molecule has 11 heavy (non-hydrogen) atoms. The summed E-state index contributed by atoms with van der Waals surface area (Å²) in [6.07, 6.45) is 2.91. The summed E-state index contributed by atoms with van der Waals surface area (Å²) in [5.74, 6) is 0. The SMILES string of the molecule is COC(C)C1(C)CCCN1C. The summed E-state index contributed by atoms with van der Waals surface area (Å²) in [6, 6.07) is 0. The minimum Gasteiger partial charge on any atom is -0.380 e. The molecule has 2 heteroatoms. The van der Waals surface area contributed by atoms with E-state index in [9.17, 15) is 0 Å². The van der Waals surface area contributed by atoms with Crippen LogP contribution in [-0.4, -0.2) is 37.2 Å². The smallest absolute Gasteiger partial charge is 0.0724 e. The van der Waals surface area contributed by atoms with E-state index in [2.05, 4.69) is 25.8 Å². The second-order valence-corrected chi connectivity index (χ2v) is 3.76. The van der Waals surface area contributed by atoms with E-state index in [1.54, 1.807) is 7.11 Å². The summed E-state index contributed by atoms with van der Waals surface area (Å²) in [5.41, 5.74) is 0.273. The molecule has 0 bridgehead atoms. The van der Waals surface area contributed by atoms with Gasteiger partial charge in [-0.25, -0.2) is 0 Å². The van der Waals surface area contributed by atoms with Crippen LogP contribution in [0.15, 0.2) is 0 Å². The molecule has 1 aliphatic rings. The molecule has 1 saturated heterocycles. The van der Waals surface area contributed by atoms with E-state index in [4.69, 9.17) is 4.74 Å². The van der Waals surface area contributed by atoms with Crippen LogP contribution >= 0.6 is 0 Å². The highest BCUT2D eigenvalue weighted by molar-refractivity contribution is 4.94. The summed E-state index contributed by atoms with van der Waals surface area (Å²) in [6.45, 7) is 5.65. The molecule has 0 aromatic heterocycles. The van der Waals surface area contributed by atoms with Gasteiger partial charge in [0.05, 0.1) is 6.10 Å². The van der Waals surface area contributed by atoms with Gasteiger partial charge < -0.3 is 4.74 Å². The molecular weight excluding hydrogens is 138 g/mol. The van der Waals surface area contributed by atoms with Crippen LogP contribution in [0.4, 0.5) is 0 Å². The number of likely N-dealkylation sites (N-methyl/N-ethyl adjacent to an activating group) is 1. The molecule has 1 heterocycles. The van der Waals surface area contributed by atoms with E-state index >= 15 is 0 Å². The Kier molecular flexibility index (Phi) is 2.55. The fraction of sp³-hybridized carbons (Fsp3) is 1.00. The van der Waals surface area contributed by atoms with Crippen LogP contribution in [0.3, 0.4) is 0 Å². The quantitative estimate of drug-likeness (QED) is 0.602. The lowest BCUT2D eigenvalue weighted by Gasteiger charge is -2.37. The Hall–Kier alpha value is -0.0800. The number of likely N-dealkylation sites (tertiary alicyclic amines) is 1. The third-order valence-electron chi connectivity index (χ3n) is 3.28. The van der Waals surface area contributed by atoms with Gasteiger partial charge >= 0.3 is 0 Å². The van der Waals surface area contributed by atoms with Gasteiger partial charge in [-0.05, 0) is 40.3 Å². The van der Waals surface area contributed by atoms with Crippen molar-refractivity contribution in [2.75, 3.05) is 20.7 Å². The molecule has 66 valence electrons. The maximum Gasteiger partial charge on any atom is 0.0724 e. The molecule has 1 fully saturated rings. The summed E-state index contributed by atoms with van der Waals surface area (Å²) >= 11 is 0. The first-order chi connectivity index (χ1) is 5.11. The van der Waals surface area contributed by atoms with Crippen molar-refractivity contribution in [1.29, 1.82) is 0 Å². The zero-order valence-electron chi connectivity index (χ0n) is 8.05. The third kappa shape index (κ3) is 1.42. The van der Waals surface area contributed by atoms with Crippen molar-refractivity contribution in [3.05, 3.63) is 0 Å². The van der Waals surface area contributed by atoms with Crippen LogP contribution in [-0.2, 0) is 4.74 Å². The van der Waals surface area contributed by atoms with Crippen molar-refractivity contribution in [3.63, 3.8) is 0 Å². The Labute approximate surface area is 69.5 Å². The summed E-state index contributed by atoms with van der Waals surface area (Å²) in [5, 5.41) is 0. The van der Waals surface area contributed by atoms with Crippen LogP contribution < -0.4 is 0 Å². The number of nitrogens with zero attached hydrogens (tertiary/aromatic N) is 1. The van der Waals surface area contributed by atoms with Crippen LogP contribution in [0.25, 0.3) is 0 Å². The second kappa shape index (κ2) is 3.11. The number of hydrogen-bond donors (Lipinski definition) is 0. The van der Waals surface area contributed by atoms with Crippen molar-refractivity contribution in [2.45, 2.75) is 38.3 Å². The molecule has 0 aromatic carbocycles. The molecule has 2 nitrogen and oxygen atoms in total. The highest BCUT2D eigenvalue weighted by Gasteiger charge is 2.38. The maximum absolute atomic E-state index is 5.37. The summed E-state index contributed by atoms with van der Waals surface area (Å²) in [7, 11) is 3.98. The van der Waals surface area contributed by atoms with Crippen LogP contribution in [0.1, 0.15) is 26.7 Å². The van der Waals surface area contributed by atoms with Crippen molar-refractivity contribution < 1.29 is 4.74 Å². The molecule has 1 aliphatic heterocycles. The molecule has 0 spiro atoms. The zero-order valence-corrected chi connectivity index (χ0v) is 8.05. The minimum absolute atomic E-state index is 0.273. The molecule has 0 amide bonds. The Morgan fingerprint density at radius 3 is 2.55 bits per heavy atom. The number of hydrogen-bond acceptors (Lipinski definition) is 2. The highest BCUT2D eigenvalue weighted by atomic mass is 16.5. The van der Waals surface area contributed by atoms with E-state index in [-0.39, 0.29) is 5.54 Å². The average Bonchev–Trinajstić information content (AvgIpc) is 2.32. The van der Waals surface area contributed by atoms with Gasteiger partial charge in [0, 0.05) is 12.6 Å². The minimum atomic E-state index is 0.273. The van der Waals surface area contributed by atoms with Crippen molar-refractivity contribution in [3.8, 4) is 0 Å². The summed E-state index contributed by atoms with van der Waals surface area (Å²) < 4.78 is 5.37. The van der Waals surface area contributed by atoms with Crippen molar-refractivity contribution >= 4 is 0 Å². The Balaban J connectivity index is 2.64. The monoisotopic (exact) mass is 157 g/mol. The lowest BCUT2D eigenvalue weighted by atomic mass is 9.93. The predicted molar refractivity (Wildman–Crippen MR) is 46.7 cm³/mol. The molecule has 0 N–H and O–H groups in total. The van der Waals surface area contributed by atoms with Crippen LogP contribution in [0.2, 0.25) is 0 Å². The Bertz CT molecular complexity index is 138. The first kappa shape index (κ1) is 9.01. The van der Waals surface area contributed by atoms with Gasteiger partial charge in [0.15, 0.2) is 0 Å². The van der Waals surface area contributed by atoms with Gasteiger partial charge in [0.1, 0.15) is 0 Å². The van der Waals surface area contributed by atoms with Crippen molar-refractivity contribution in [1.82, 2.24) is 4.90 Å².